The van der Waals surface area contributed by atoms with E-state index >= 15 is 0 Å². The van der Waals surface area contributed by atoms with Crippen LogP contribution in [0.3, 0.4) is 0 Å². The second kappa shape index (κ2) is 3.29. The molecule has 0 amide bonds. The van der Waals surface area contributed by atoms with E-state index in [0.29, 0.717) is 6.54 Å². The number of hydrogen-bond donors (Lipinski definition) is 1. The first-order chi connectivity index (χ1) is 4.34. The Kier molecular flexibility index (Phi) is 2.62. The van der Waals surface area contributed by atoms with Gasteiger partial charge in [0.25, 0.3) is 0 Å². The Morgan fingerprint density at radius 2 is 2.00 bits per heavy atom. The second-order valence-electron chi connectivity index (χ2n) is 1.83. The van der Waals surface area contributed by atoms with Crippen molar-refractivity contribution in [2.45, 2.75) is 6.54 Å². The molecule has 0 saturated heterocycles. The van der Waals surface area contributed by atoms with Crippen molar-refractivity contribution in [3.63, 3.8) is 0 Å². The topological polar surface area (TPSA) is 26.0 Å². The molecule has 9 heavy (non-hydrogen) atoms. The van der Waals surface area contributed by atoms with Gasteiger partial charge in [-0.15, -0.1) is 0 Å². The summed E-state index contributed by atoms with van der Waals surface area (Å²) in [7, 11) is 0. The maximum atomic E-state index is 5.47. The molecule has 0 heterocycles. The molecule has 0 spiro atoms. The van der Waals surface area contributed by atoms with Crippen LogP contribution in [0.2, 0.25) is 0 Å². The van der Waals surface area contributed by atoms with Gasteiger partial charge in [-0.2, -0.15) is 0 Å². The molecule has 0 fully saturated rings. The molecule has 0 unspecified atom stereocenters. The Bertz CT molecular complexity index is 198. The average Bonchev–Trinajstić information content (AvgIpc) is 1.89. The van der Waals surface area contributed by atoms with Crippen LogP contribution in [0, 0.1) is 0 Å². The summed E-state index contributed by atoms with van der Waals surface area (Å²) in [5.41, 5.74) is 6.75. The van der Waals surface area contributed by atoms with E-state index in [-0.39, 0.29) is 0 Å². The molecule has 0 saturated carbocycles. The first-order valence-electron chi connectivity index (χ1n) is 2.81. The van der Waals surface area contributed by atoms with Gasteiger partial charge in [-0.05, 0) is 0 Å². The molecule has 2 radical (unpaired) electrons. The minimum absolute atomic E-state index is 0.673. The predicted molar refractivity (Wildman–Crippen MR) is 39.7 cm³/mol. The standard InChI is InChI=1S/C7H8N.Bi/c8-6-7-4-2-1-3-5-7;/h1-4H,6,8H2;. The Morgan fingerprint density at radius 1 is 1.33 bits per heavy atom. The molecule has 0 aromatic heterocycles. The number of hydrogen-bond acceptors (Lipinski definition) is 1. The average molecular weight is 315 g/mol. The SMILES string of the molecule is NCc1cccc[c]1[Bi]. The Morgan fingerprint density at radius 3 is 2.44 bits per heavy atom. The molecular formula is C7H8BiN. The van der Waals surface area contributed by atoms with E-state index in [9.17, 15) is 0 Å². The van der Waals surface area contributed by atoms with Crippen molar-refractivity contribution < 1.29 is 0 Å². The van der Waals surface area contributed by atoms with Gasteiger partial charge in [-0.1, -0.05) is 0 Å². The summed E-state index contributed by atoms with van der Waals surface area (Å²) < 4.78 is 1.39. The fourth-order valence-corrected chi connectivity index (χ4v) is 1.66. The second-order valence-corrected chi connectivity index (χ2v) is 3.71. The van der Waals surface area contributed by atoms with Gasteiger partial charge in [0.1, 0.15) is 0 Å². The van der Waals surface area contributed by atoms with Crippen LogP contribution in [0.25, 0.3) is 0 Å². The van der Waals surface area contributed by atoms with Crippen molar-refractivity contribution in [2.75, 3.05) is 0 Å². The molecule has 1 aromatic rings. The molecule has 2 heteroatoms. The van der Waals surface area contributed by atoms with E-state index in [2.05, 4.69) is 18.2 Å². The van der Waals surface area contributed by atoms with Crippen LogP contribution in [0.4, 0.5) is 0 Å². The summed E-state index contributed by atoms with van der Waals surface area (Å²) in [6.07, 6.45) is 0. The van der Waals surface area contributed by atoms with Crippen LogP contribution in [0.1, 0.15) is 5.56 Å². The van der Waals surface area contributed by atoms with Gasteiger partial charge >= 0.3 is 70.1 Å². The summed E-state index contributed by atoms with van der Waals surface area (Å²) in [5, 5.41) is 0. The zero-order valence-electron chi connectivity index (χ0n) is 5.04. The Hall–Kier alpha value is 0.0631. The molecule has 0 aliphatic heterocycles. The van der Waals surface area contributed by atoms with Crippen molar-refractivity contribution in [1.82, 2.24) is 0 Å². The molecule has 0 aliphatic rings. The molecule has 2 N–H and O–H groups in total. The summed E-state index contributed by atoms with van der Waals surface area (Å²) in [6.45, 7) is 0.673. The molecule has 46 valence electrons. The first kappa shape index (κ1) is 7.17. The third-order valence-corrected chi connectivity index (χ3v) is 2.91. The summed E-state index contributed by atoms with van der Waals surface area (Å²) in [4.78, 5) is 0. The van der Waals surface area contributed by atoms with E-state index in [1.54, 1.807) is 0 Å². The van der Waals surface area contributed by atoms with Gasteiger partial charge in [0.2, 0.25) is 0 Å². The van der Waals surface area contributed by atoms with E-state index in [4.69, 9.17) is 5.73 Å². The minimum atomic E-state index is 0.673. The molecule has 0 atom stereocenters. The first-order valence-corrected chi connectivity index (χ1v) is 4.55. The van der Waals surface area contributed by atoms with E-state index in [1.165, 1.54) is 33.6 Å². The van der Waals surface area contributed by atoms with Gasteiger partial charge in [0.05, 0.1) is 0 Å². The summed E-state index contributed by atoms with van der Waals surface area (Å²) >= 11 is 1.30. The fraction of sp³-hybridized carbons (Fsp3) is 0.143. The quantitative estimate of drug-likeness (QED) is 0.722. The Labute approximate surface area is 70.1 Å². The van der Waals surface area contributed by atoms with Crippen molar-refractivity contribution >= 4 is 28.0 Å². The fourth-order valence-electron chi connectivity index (χ4n) is 0.683. The molecule has 1 rings (SSSR count). The number of benzene rings is 1. The normalized spacial score (nSPS) is 9.56. The monoisotopic (exact) mass is 315 g/mol. The predicted octanol–water partition coefficient (Wildman–Crippen LogP) is -0.0609. The summed E-state index contributed by atoms with van der Waals surface area (Å²) in [6, 6.07) is 8.28. The van der Waals surface area contributed by atoms with Crippen LogP contribution in [0.5, 0.6) is 0 Å². The number of nitrogens with two attached hydrogens (primary N) is 1. The van der Waals surface area contributed by atoms with E-state index in [1.807, 2.05) is 6.07 Å². The number of rotatable bonds is 1. The van der Waals surface area contributed by atoms with Crippen LogP contribution in [0.15, 0.2) is 24.3 Å². The van der Waals surface area contributed by atoms with Crippen molar-refractivity contribution in [3.05, 3.63) is 29.8 Å². The molecule has 0 bridgehead atoms. The molecule has 0 aliphatic carbocycles. The van der Waals surface area contributed by atoms with Crippen LogP contribution in [-0.2, 0) is 6.54 Å². The van der Waals surface area contributed by atoms with Gasteiger partial charge in [0.15, 0.2) is 0 Å². The zero-order valence-corrected chi connectivity index (χ0v) is 8.52. The summed E-state index contributed by atoms with van der Waals surface area (Å²) in [5.74, 6) is 0. The molecule has 1 nitrogen and oxygen atoms in total. The third kappa shape index (κ3) is 1.74. The van der Waals surface area contributed by atoms with Gasteiger partial charge < -0.3 is 0 Å². The molecular weight excluding hydrogens is 307 g/mol. The van der Waals surface area contributed by atoms with Crippen LogP contribution in [-0.4, -0.2) is 24.7 Å². The van der Waals surface area contributed by atoms with E-state index < -0.39 is 0 Å². The van der Waals surface area contributed by atoms with Crippen LogP contribution >= 0.6 is 0 Å². The molecule has 1 aromatic carbocycles. The van der Waals surface area contributed by atoms with Gasteiger partial charge in [-0.3, -0.25) is 0 Å². The van der Waals surface area contributed by atoms with Gasteiger partial charge in [0, 0.05) is 0 Å². The Balaban J connectivity index is 3.01. The van der Waals surface area contributed by atoms with Gasteiger partial charge in [-0.25, -0.2) is 0 Å². The van der Waals surface area contributed by atoms with Crippen molar-refractivity contribution in [1.29, 1.82) is 0 Å². The van der Waals surface area contributed by atoms with Crippen LogP contribution < -0.4 is 9.01 Å². The van der Waals surface area contributed by atoms with E-state index in [0.717, 1.165) is 0 Å². The third-order valence-electron chi connectivity index (χ3n) is 1.21. The van der Waals surface area contributed by atoms with Crippen molar-refractivity contribution in [3.8, 4) is 0 Å². The van der Waals surface area contributed by atoms with Crippen molar-refractivity contribution in [2.24, 2.45) is 5.73 Å². The maximum absolute atomic E-state index is 5.47. The zero-order chi connectivity index (χ0) is 6.69.